The summed E-state index contributed by atoms with van der Waals surface area (Å²) in [7, 11) is 3.04. The fraction of sp³-hybridized carbons (Fsp3) is 0.474. The van der Waals surface area contributed by atoms with Crippen LogP contribution in [0.2, 0.25) is 0 Å². The average molecular weight is 389 g/mol. The van der Waals surface area contributed by atoms with Crippen molar-refractivity contribution in [3.63, 3.8) is 0 Å². The summed E-state index contributed by atoms with van der Waals surface area (Å²) in [5, 5.41) is 2.64. The molecule has 1 aromatic rings. The molecule has 2 aliphatic rings. The molecule has 1 aromatic carbocycles. The fourth-order valence-corrected chi connectivity index (χ4v) is 3.54. The number of carbonyl (C=O) groups is 4. The summed E-state index contributed by atoms with van der Waals surface area (Å²) in [5.41, 5.74) is 0.758. The smallest absolute Gasteiger partial charge is 0.334 e. The van der Waals surface area contributed by atoms with Crippen molar-refractivity contribution in [2.45, 2.75) is 38.3 Å². The Balaban J connectivity index is 1.59. The maximum absolute atomic E-state index is 12.5. The number of carbonyl (C=O) groups excluding carboxylic acids is 4. The molecule has 1 saturated heterocycles. The molecule has 1 heterocycles. The van der Waals surface area contributed by atoms with Crippen LogP contribution in [-0.2, 0) is 20.9 Å². The molecule has 0 atom stereocenters. The van der Waals surface area contributed by atoms with Crippen molar-refractivity contribution in [3.8, 4) is 11.5 Å². The minimum Gasteiger partial charge on any atom is -0.493 e. The van der Waals surface area contributed by atoms with Crippen molar-refractivity contribution < 1.29 is 28.7 Å². The topological polar surface area (TPSA) is 105 Å². The highest BCUT2D eigenvalue weighted by atomic mass is 16.5. The highest BCUT2D eigenvalue weighted by Crippen LogP contribution is 2.28. The summed E-state index contributed by atoms with van der Waals surface area (Å²) in [4.78, 5) is 50.7. The van der Waals surface area contributed by atoms with E-state index in [-0.39, 0.29) is 12.6 Å². The third-order valence-electron chi connectivity index (χ3n) is 5.01. The van der Waals surface area contributed by atoms with Crippen molar-refractivity contribution in [1.82, 2.24) is 15.1 Å². The standard InChI is InChI=1S/C19H23N3O6/c1-27-14-8-7-12(9-15(14)28-2)10-20-16(23)11-21-17(24)18(25)22(19(21)26)13-5-3-4-6-13/h7-9,13H,3-6,10-11H2,1-2H3,(H,20,23). The van der Waals surface area contributed by atoms with Crippen LogP contribution in [0.5, 0.6) is 11.5 Å². The number of imide groups is 2. The van der Waals surface area contributed by atoms with Gasteiger partial charge in [-0.3, -0.25) is 19.3 Å². The Kier molecular flexibility index (Phi) is 5.81. The summed E-state index contributed by atoms with van der Waals surface area (Å²) in [6.45, 7) is -0.310. The molecule has 28 heavy (non-hydrogen) atoms. The number of benzene rings is 1. The Morgan fingerprint density at radius 1 is 1.07 bits per heavy atom. The van der Waals surface area contributed by atoms with E-state index in [1.165, 1.54) is 14.2 Å². The number of rotatable bonds is 7. The molecule has 0 spiro atoms. The monoisotopic (exact) mass is 389 g/mol. The summed E-state index contributed by atoms with van der Waals surface area (Å²) in [6, 6.07) is 4.24. The van der Waals surface area contributed by atoms with Crippen LogP contribution < -0.4 is 14.8 Å². The van der Waals surface area contributed by atoms with E-state index >= 15 is 0 Å². The predicted molar refractivity (Wildman–Crippen MR) is 97.6 cm³/mol. The van der Waals surface area contributed by atoms with Crippen molar-refractivity contribution >= 4 is 23.8 Å². The first-order valence-electron chi connectivity index (χ1n) is 9.13. The van der Waals surface area contributed by atoms with Crippen LogP contribution in [-0.4, -0.2) is 60.4 Å². The number of nitrogens with zero attached hydrogens (tertiary/aromatic N) is 2. The molecule has 0 unspecified atom stereocenters. The number of nitrogens with one attached hydrogen (secondary N) is 1. The molecule has 3 rings (SSSR count). The van der Waals surface area contributed by atoms with Gasteiger partial charge in [0.05, 0.1) is 14.2 Å². The molecule has 5 amide bonds. The molecule has 1 aliphatic heterocycles. The van der Waals surface area contributed by atoms with E-state index in [1.54, 1.807) is 18.2 Å². The Hall–Kier alpha value is -3.10. The summed E-state index contributed by atoms with van der Waals surface area (Å²) >= 11 is 0. The second kappa shape index (κ2) is 8.28. The van der Waals surface area contributed by atoms with Crippen LogP contribution in [0.4, 0.5) is 4.79 Å². The van der Waals surface area contributed by atoms with Gasteiger partial charge in [-0.25, -0.2) is 9.69 Å². The minimum absolute atomic E-state index is 0.176. The molecule has 0 aromatic heterocycles. The van der Waals surface area contributed by atoms with Gasteiger partial charge in [0.1, 0.15) is 6.54 Å². The lowest BCUT2D eigenvalue weighted by atomic mass is 10.2. The molecule has 9 nitrogen and oxygen atoms in total. The zero-order chi connectivity index (χ0) is 20.3. The zero-order valence-corrected chi connectivity index (χ0v) is 15.9. The van der Waals surface area contributed by atoms with E-state index in [0.29, 0.717) is 29.2 Å². The number of amides is 5. The molecule has 9 heteroatoms. The first-order valence-corrected chi connectivity index (χ1v) is 9.13. The average Bonchev–Trinajstić information content (AvgIpc) is 3.29. The highest BCUT2D eigenvalue weighted by molar-refractivity contribution is 6.45. The van der Waals surface area contributed by atoms with Crippen molar-refractivity contribution in [1.29, 1.82) is 0 Å². The van der Waals surface area contributed by atoms with E-state index in [4.69, 9.17) is 9.47 Å². The number of hydrogen-bond donors (Lipinski definition) is 1. The van der Waals surface area contributed by atoms with Crippen LogP contribution in [0, 0.1) is 0 Å². The van der Waals surface area contributed by atoms with Gasteiger partial charge in [-0.15, -0.1) is 0 Å². The minimum atomic E-state index is -0.946. The second-order valence-corrected chi connectivity index (χ2v) is 6.75. The molecular formula is C19H23N3O6. The van der Waals surface area contributed by atoms with Gasteiger partial charge in [0.15, 0.2) is 11.5 Å². The van der Waals surface area contributed by atoms with Crippen LogP contribution in [0.15, 0.2) is 18.2 Å². The first-order chi connectivity index (χ1) is 13.5. The van der Waals surface area contributed by atoms with Gasteiger partial charge >= 0.3 is 17.8 Å². The van der Waals surface area contributed by atoms with Gasteiger partial charge in [-0.2, -0.15) is 0 Å². The molecule has 1 saturated carbocycles. The highest BCUT2D eigenvalue weighted by Gasteiger charge is 2.48. The van der Waals surface area contributed by atoms with Gasteiger partial charge in [-0.1, -0.05) is 18.9 Å². The van der Waals surface area contributed by atoms with E-state index in [0.717, 1.165) is 23.3 Å². The largest absolute Gasteiger partial charge is 0.493 e. The Morgan fingerprint density at radius 3 is 2.39 bits per heavy atom. The van der Waals surface area contributed by atoms with Crippen LogP contribution in [0.3, 0.4) is 0 Å². The normalized spacial score (nSPS) is 17.4. The molecule has 0 radical (unpaired) electrons. The van der Waals surface area contributed by atoms with E-state index in [1.807, 2.05) is 0 Å². The van der Waals surface area contributed by atoms with E-state index < -0.39 is 30.3 Å². The fourth-order valence-electron chi connectivity index (χ4n) is 3.54. The number of hydrogen-bond acceptors (Lipinski definition) is 6. The van der Waals surface area contributed by atoms with Gasteiger partial charge in [0, 0.05) is 12.6 Å². The molecular weight excluding hydrogens is 366 g/mol. The van der Waals surface area contributed by atoms with Gasteiger partial charge in [0.25, 0.3) is 0 Å². The lowest BCUT2D eigenvalue weighted by Crippen LogP contribution is -2.43. The number of ether oxygens (including phenoxy) is 2. The molecule has 0 bridgehead atoms. The molecule has 1 N–H and O–H groups in total. The summed E-state index contributed by atoms with van der Waals surface area (Å²) < 4.78 is 10.4. The van der Waals surface area contributed by atoms with Gasteiger partial charge in [-0.05, 0) is 30.5 Å². The second-order valence-electron chi connectivity index (χ2n) is 6.75. The lowest BCUT2D eigenvalue weighted by Gasteiger charge is -2.20. The van der Waals surface area contributed by atoms with Crippen molar-refractivity contribution in [3.05, 3.63) is 23.8 Å². The van der Waals surface area contributed by atoms with E-state index in [9.17, 15) is 19.2 Å². The number of urea groups is 1. The van der Waals surface area contributed by atoms with Gasteiger partial charge < -0.3 is 14.8 Å². The lowest BCUT2D eigenvalue weighted by molar-refractivity contribution is -0.144. The third-order valence-corrected chi connectivity index (χ3v) is 5.01. The molecule has 2 fully saturated rings. The first kappa shape index (κ1) is 19.7. The Labute approximate surface area is 162 Å². The predicted octanol–water partition coefficient (Wildman–Crippen LogP) is 1.05. The van der Waals surface area contributed by atoms with Crippen molar-refractivity contribution in [2.24, 2.45) is 0 Å². The summed E-state index contributed by atoms with van der Waals surface area (Å²) in [5.74, 6) is -1.23. The quantitative estimate of drug-likeness (QED) is 0.552. The Morgan fingerprint density at radius 2 is 1.75 bits per heavy atom. The molecule has 1 aliphatic carbocycles. The maximum Gasteiger partial charge on any atom is 0.334 e. The summed E-state index contributed by atoms with van der Waals surface area (Å²) in [6.07, 6.45) is 3.23. The maximum atomic E-state index is 12.5. The van der Waals surface area contributed by atoms with Crippen molar-refractivity contribution in [2.75, 3.05) is 20.8 Å². The zero-order valence-electron chi connectivity index (χ0n) is 15.9. The Bertz CT molecular complexity index is 803. The van der Waals surface area contributed by atoms with E-state index in [2.05, 4.69) is 5.32 Å². The number of methoxy groups -OCH3 is 2. The molecule has 150 valence electrons. The van der Waals surface area contributed by atoms with Crippen LogP contribution in [0.25, 0.3) is 0 Å². The van der Waals surface area contributed by atoms with Crippen LogP contribution in [0.1, 0.15) is 31.2 Å². The SMILES string of the molecule is COc1ccc(CNC(=O)CN2C(=O)C(=O)N(C3CCCC3)C2=O)cc1OC. The third kappa shape index (κ3) is 3.78. The van der Waals surface area contributed by atoms with Gasteiger partial charge in [0.2, 0.25) is 5.91 Å². The van der Waals surface area contributed by atoms with Crippen LogP contribution >= 0.6 is 0 Å².